The monoisotopic (exact) mass is 375 g/mol. The third-order valence-electron chi connectivity index (χ3n) is 3.62. The molecule has 0 aliphatic heterocycles. The molecule has 0 radical (unpaired) electrons. The minimum Gasteiger partial charge on any atom is -0.360 e. The molecule has 0 fully saturated rings. The van der Waals surface area contributed by atoms with Crippen LogP contribution >= 0.6 is 15.9 Å². The van der Waals surface area contributed by atoms with Crippen molar-refractivity contribution in [1.29, 1.82) is 0 Å². The topological polar surface area (TPSA) is 45.2 Å². The second kappa shape index (κ2) is 8.11. The molecule has 23 heavy (non-hydrogen) atoms. The molecular formula is C18H22BrN3O. The van der Waals surface area contributed by atoms with Gasteiger partial charge >= 0.3 is 0 Å². The Morgan fingerprint density at radius 1 is 1.30 bits per heavy atom. The number of halogens is 1. The number of carbonyl (C=O) groups excluding carboxylic acids is 1. The van der Waals surface area contributed by atoms with Crippen LogP contribution in [0, 0.1) is 6.92 Å². The van der Waals surface area contributed by atoms with E-state index in [4.69, 9.17) is 0 Å². The van der Waals surface area contributed by atoms with Crippen LogP contribution in [0.5, 0.6) is 0 Å². The van der Waals surface area contributed by atoms with E-state index in [1.54, 1.807) is 12.3 Å². The molecule has 1 N–H and O–H groups in total. The number of anilines is 2. The fourth-order valence-electron chi connectivity index (χ4n) is 2.19. The number of aromatic nitrogens is 1. The largest absolute Gasteiger partial charge is 0.360 e. The first-order valence-electron chi connectivity index (χ1n) is 7.76. The number of aryl methyl sites for hydroxylation is 1. The lowest BCUT2D eigenvalue weighted by atomic mass is 10.2. The number of amides is 1. The van der Waals surface area contributed by atoms with E-state index < -0.39 is 0 Å². The van der Waals surface area contributed by atoms with Gasteiger partial charge in [0.2, 0.25) is 0 Å². The van der Waals surface area contributed by atoms with Crippen molar-refractivity contribution >= 4 is 33.3 Å². The van der Waals surface area contributed by atoms with Crippen molar-refractivity contribution in [3.63, 3.8) is 0 Å². The Labute approximate surface area is 146 Å². The summed E-state index contributed by atoms with van der Waals surface area (Å²) in [5.41, 5.74) is 2.50. The molecule has 0 saturated carbocycles. The predicted octanol–water partition coefficient (Wildman–Crippen LogP) is 4.64. The Hall–Kier alpha value is -1.88. The van der Waals surface area contributed by atoms with Gasteiger partial charge in [0.15, 0.2) is 0 Å². The van der Waals surface area contributed by atoms with E-state index in [1.807, 2.05) is 38.2 Å². The van der Waals surface area contributed by atoms with E-state index in [2.05, 4.69) is 38.1 Å². The number of nitrogens with zero attached hydrogens (tertiary/aromatic N) is 2. The molecule has 2 aromatic rings. The minimum atomic E-state index is -0.137. The molecule has 0 spiro atoms. The molecule has 0 aliphatic rings. The van der Waals surface area contributed by atoms with Crippen LogP contribution in [0.25, 0.3) is 0 Å². The number of nitrogens with one attached hydrogen (secondary N) is 1. The quantitative estimate of drug-likeness (QED) is 0.799. The first-order chi connectivity index (χ1) is 11.0. The van der Waals surface area contributed by atoms with Gasteiger partial charge in [-0.3, -0.25) is 4.79 Å². The zero-order valence-corrected chi connectivity index (χ0v) is 15.4. The second-order valence-electron chi connectivity index (χ2n) is 5.62. The normalized spacial score (nSPS) is 10.4. The number of pyridine rings is 1. The van der Waals surface area contributed by atoms with Crippen LogP contribution in [0.2, 0.25) is 0 Å². The summed E-state index contributed by atoms with van der Waals surface area (Å²) in [7, 11) is 2.00. The van der Waals surface area contributed by atoms with E-state index in [0.29, 0.717) is 5.56 Å². The first kappa shape index (κ1) is 17.5. The van der Waals surface area contributed by atoms with E-state index in [0.717, 1.165) is 40.9 Å². The fraction of sp³-hybridized carbons (Fsp3) is 0.333. The Kier molecular flexibility index (Phi) is 6.16. The van der Waals surface area contributed by atoms with Gasteiger partial charge in [0.05, 0.1) is 5.69 Å². The van der Waals surface area contributed by atoms with Gasteiger partial charge in [0.1, 0.15) is 5.82 Å². The fourth-order valence-corrected chi connectivity index (χ4v) is 2.79. The van der Waals surface area contributed by atoms with Crippen LogP contribution in [-0.2, 0) is 0 Å². The molecule has 0 unspecified atom stereocenters. The SMILES string of the molecule is CCCCN(C)c1cc(C(=O)Nc2ccc(C)cc2Br)ccn1. The third-order valence-corrected chi connectivity index (χ3v) is 4.27. The molecular weight excluding hydrogens is 354 g/mol. The molecule has 122 valence electrons. The molecule has 1 amide bonds. The van der Waals surface area contributed by atoms with Crippen molar-refractivity contribution in [1.82, 2.24) is 4.98 Å². The third kappa shape index (κ3) is 4.79. The van der Waals surface area contributed by atoms with Gasteiger partial charge in [-0.2, -0.15) is 0 Å². The maximum Gasteiger partial charge on any atom is 0.255 e. The summed E-state index contributed by atoms with van der Waals surface area (Å²) in [6.07, 6.45) is 3.91. The summed E-state index contributed by atoms with van der Waals surface area (Å²) in [4.78, 5) is 18.9. The number of hydrogen-bond donors (Lipinski definition) is 1. The van der Waals surface area contributed by atoms with Crippen molar-refractivity contribution in [2.45, 2.75) is 26.7 Å². The Morgan fingerprint density at radius 2 is 2.09 bits per heavy atom. The number of hydrogen-bond acceptors (Lipinski definition) is 3. The highest BCUT2D eigenvalue weighted by Gasteiger charge is 2.11. The van der Waals surface area contributed by atoms with Crippen molar-refractivity contribution in [2.24, 2.45) is 0 Å². The van der Waals surface area contributed by atoms with Crippen LogP contribution < -0.4 is 10.2 Å². The summed E-state index contributed by atoms with van der Waals surface area (Å²) >= 11 is 3.48. The lowest BCUT2D eigenvalue weighted by Crippen LogP contribution is -2.20. The molecule has 2 rings (SSSR count). The summed E-state index contributed by atoms with van der Waals surface area (Å²) < 4.78 is 0.875. The molecule has 5 heteroatoms. The van der Waals surface area contributed by atoms with Crippen LogP contribution in [0.1, 0.15) is 35.7 Å². The van der Waals surface area contributed by atoms with Crippen LogP contribution in [0.4, 0.5) is 11.5 Å². The Bertz CT molecular complexity index is 688. The molecule has 0 aliphatic carbocycles. The van der Waals surface area contributed by atoms with E-state index >= 15 is 0 Å². The zero-order valence-electron chi connectivity index (χ0n) is 13.8. The van der Waals surface area contributed by atoms with Gasteiger partial charge in [-0.25, -0.2) is 4.98 Å². The molecule has 0 bridgehead atoms. The van der Waals surface area contributed by atoms with E-state index in [1.165, 1.54) is 0 Å². The van der Waals surface area contributed by atoms with Gasteiger partial charge in [-0.15, -0.1) is 0 Å². The summed E-state index contributed by atoms with van der Waals surface area (Å²) in [6.45, 7) is 5.10. The van der Waals surface area contributed by atoms with Gasteiger partial charge < -0.3 is 10.2 Å². The van der Waals surface area contributed by atoms with Crippen molar-refractivity contribution in [2.75, 3.05) is 23.8 Å². The van der Waals surface area contributed by atoms with Crippen molar-refractivity contribution in [3.05, 3.63) is 52.1 Å². The molecule has 1 heterocycles. The maximum absolute atomic E-state index is 12.5. The second-order valence-corrected chi connectivity index (χ2v) is 6.47. The highest BCUT2D eigenvalue weighted by molar-refractivity contribution is 9.10. The van der Waals surface area contributed by atoms with E-state index in [-0.39, 0.29) is 5.91 Å². The average Bonchev–Trinajstić information content (AvgIpc) is 2.55. The predicted molar refractivity (Wildman–Crippen MR) is 99.2 cm³/mol. The molecule has 4 nitrogen and oxygen atoms in total. The lowest BCUT2D eigenvalue weighted by molar-refractivity contribution is 0.102. The summed E-state index contributed by atoms with van der Waals surface area (Å²) in [5.74, 6) is 0.677. The Balaban J connectivity index is 2.13. The smallest absolute Gasteiger partial charge is 0.255 e. The van der Waals surface area contributed by atoms with Crippen molar-refractivity contribution < 1.29 is 4.79 Å². The Morgan fingerprint density at radius 3 is 2.78 bits per heavy atom. The number of carbonyl (C=O) groups is 1. The lowest BCUT2D eigenvalue weighted by Gasteiger charge is -2.18. The highest BCUT2D eigenvalue weighted by atomic mass is 79.9. The minimum absolute atomic E-state index is 0.137. The van der Waals surface area contributed by atoms with Crippen LogP contribution in [0.3, 0.4) is 0 Å². The van der Waals surface area contributed by atoms with Crippen LogP contribution in [0.15, 0.2) is 41.0 Å². The zero-order chi connectivity index (χ0) is 16.8. The van der Waals surface area contributed by atoms with Gasteiger partial charge in [0, 0.05) is 29.8 Å². The maximum atomic E-state index is 12.5. The van der Waals surface area contributed by atoms with Gasteiger partial charge in [-0.05, 0) is 59.1 Å². The number of unbranched alkanes of at least 4 members (excludes halogenated alkanes) is 1. The first-order valence-corrected chi connectivity index (χ1v) is 8.55. The van der Waals surface area contributed by atoms with E-state index in [9.17, 15) is 4.79 Å². The van der Waals surface area contributed by atoms with Gasteiger partial charge in [-0.1, -0.05) is 19.4 Å². The summed E-state index contributed by atoms with van der Waals surface area (Å²) in [5, 5.41) is 2.93. The number of rotatable bonds is 6. The van der Waals surface area contributed by atoms with Gasteiger partial charge in [0.25, 0.3) is 5.91 Å². The van der Waals surface area contributed by atoms with Crippen LogP contribution in [-0.4, -0.2) is 24.5 Å². The standard InChI is InChI=1S/C18H22BrN3O/c1-4-5-10-22(3)17-12-14(8-9-20-17)18(23)21-16-7-6-13(2)11-15(16)19/h6-9,11-12H,4-5,10H2,1-3H3,(H,21,23). The average molecular weight is 376 g/mol. The van der Waals surface area contributed by atoms with Crippen molar-refractivity contribution in [3.8, 4) is 0 Å². The molecule has 0 saturated heterocycles. The molecule has 1 aromatic heterocycles. The highest BCUT2D eigenvalue weighted by Crippen LogP contribution is 2.24. The summed E-state index contributed by atoms with van der Waals surface area (Å²) in [6, 6.07) is 9.40. The molecule has 0 atom stereocenters. The number of benzene rings is 1. The molecule has 1 aromatic carbocycles.